The molecule has 0 unspecified atom stereocenters. The molecule has 0 radical (unpaired) electrons. The fourth-order valence-electron chi connectivity index (χ4n) is 2.95. The quantitative estimate of drug-likeness (QED) is 0.819. The first-order chi connectivity index (χ1) is 13.5. The molecule has 9 heteroatoms. The number of carbonyl (C=O) groups is 2. The Morgan fingerprint density at radius 3 is 2.75 bits per heavy atom. The van der Waals surface area contributed by atoms with Crippen molar-refractivity contribution in [2.45, 2.75) is 25.8 Å². The minimum Gasteiger partial charge on any atom is -0.450 e. The lowest BCUT2D eigenvalue weighted by Gasteiger charge is -2.31. The molecule has 1 fully saturated rings. The number of ether oxygens (including phenoxy) is 1. The highest BCUT2D eigenvalue weighted by molar-refractivity contribution is 6.03. The lowest BCUT2D eigenvalue weighted by Crippen LogP contribution is -2.42. The van der Waals surface area contributed by atoms with E-state index < -0.39 is 11.7 Å². The Bertz CT molecular complexity index is 840. The summed E-state index contributed by atoms with van der Waals surface area (Å²) in [6.07, 6.45) is 2.50. The van der Waals surface area contributed by atoms with Crippen molar-refractivity contribution in [2.75, 3.05) is 30.3 Å². The van der Waals surface area contributed by atoms with Crippen molar-refractivity contribution in [3.05, 3.63) is 48.2 Å². The molecule has 0 aliphatic carbocycles. The van der Waals surface area contributed by atoms with Crippen LogP contribution in [0.1, 0.15) is 30.3 Å². The van der Waals surface area contributed by atoms with E-state index in [-0.39, 0.29) is 17.8 Å². The third kappa shape index (κ3) is 5.15. The monoisotopic (exact) mass is 387 g/mol. The second-order valence-electron chi connectivity index (χ2n) is 6.36. The van der Waals surface area contributed by atoms with E-state index in [9.17, 15) is 14.0 Å². The zero-order chi connectivity index (χ0) is 19.9. The largest absolute Gasteiger partial charge is 0.450 e. The van der Waals surface area contributed by atoms with Crippen molar-refractivity contribution < 1.29 is 18.7 Å². The molecule has 28 heavy (non-hydrogen) atoms. The molecule has 2 aromatic rings. The Balaban J connectivity index is 1.56. The zero-order valence-corrected chi connectivity index (χ0v) is 15.5. The second kappa shape index (κ2) is 9.12. The standard InChI is InChI=1S/C19H22FN5O3/c1-2-28-19(27)25-8-6-14(7-9-25)23-17-11-16(21-12-22-17)18(26)24-15-5-3-4-13(20)10-15/h3-5,10-12,14H,2,6-9H2,1H3,(H,24,26)(H,21,22,23). The minimum absolute atomic E-state index is 0.125. The highest BCUT2D eigenvalue weighted by Crippen LogP contribution is 2.17. The van der Waals surface area contributed by atoms with Gasteiger partial charge in [-0.05, 0) is 38.0 Å². The normalized spacial score (nSPS) is 14.4. The van der Waals surface area contributed by atoms with Gasteiger partial charge in [0.25, 0.3) is 5.91 Å². The number of halogens is 1. The summed E-state index contributed by atoms with van der Waals surface area (Å²) in [6.45, 7) is 3.32. The Kier molecular flexibility index (Phi) is 6.36. The zero-order valence-electron chi connectivity index (χ0n) is 15.5. The molecular formula is C19H22FN5O3. The fourth-order valence-corrected chi connectivity index (χ4v) is 2.95. The number of likely N-dealkylation sites (tertiary alicyclic amines) is 1. The molecule has 148 valence electrons. The maximum Gasteiger partial charge on any atom is 0.409 e. The summed E-state index contributed by atoms with van der Waals surface area (Å²) in [5, 5.41) is 5.88. The summed E-state index contributed by atoms with van der Waals surface area (Å²) < 4.78 is 18.3. The van der Waals surface area contributed by atoms with Gasteiger partial charge < -0.3 is 20.3 Å². The molecule has 1 saturated heterocycles. The van der Waals surface area contributed by atoms with Gasteiger partial charge in [0.15, 0.2) is 0 Å². The highest BCUT2D eigenvalue weighted by atomic mass is 19.1. The third-order valence-corrected chi connectivity index (χ3v) is 4.36. The lowest BCUT2D eigenvalue weighted by atomic mass is 10.1. The number of hydrogen-bond donors (Lipinski definition) is 2. The predicted molar refractivity (Wildman–Crippen MR) is 102 cm³/mol. The van der Waals surface area contributed by atoms with Gasteiger partial charge >= 0.3 is 6.09 Å². The molecule has 0 bridgehead atoms. The van der Waals surface area contributed by atoms with Crippen LogP contribution in [0.2, 0.25) is 0 Å². The Hall–Kier alpha value is -3.23. The first kappa shape index (κ1) is 19.5. The summed E-state index contributed by atoms with van der Waals surface area (Å²) in [6, 6.07) is 7.32. The van der Waals surface area contributed by atoms with Crippen molar-refractivity contribution >= 4 is 23.5 Å². The van der Waals surface area contributed by atoms with E-state index in [0.29, 0.717) is 31.2 Å². The van der Waals surface area contributed by atoms with Gasteiger partial charge in [-0.25, -0.2) is 19.2 Å². The molecule has 3 rings (SSSR count). The number of aromatic nitrogens is 2. The molecule has 0 spiro atoms. The van der Waals surface area contributed by atoms with Gasteiger partial charge in [0, 0.05) is 30.9 Å². The Labute approximate surface area is 162 Å². The van der Waals surface area contributed by atoms with Crippen LogP contribution in [0.25, 0.3) is 0 Å². The van der Waals surface area contributed by atoms with Crippen molar-refractivity contribution in [1.29, 1.82) is 0 Å². The van der Waals surface area contributed by atoms with Crippen LogP contribution in [0.5, 0.6) is 0 Å². The number of amides is 2. The summed E-state index contributed by atoms with van der Waals surface area (Å²) in [4.78, 5) is 33.9. The SMILES string of the molecule is CCOC(=O)N1CCC(Nc2cc(C(=O)Nc3cccc(F)c3)ncn2)CC1. The van der Waals surface area contributed by atoms with Gasteiger partial charge in [-0.1, -0.05) is 6.07 Å². The van der Waals surface area contributed by atoms with E-state index >= 15 is 0 Å². The van der Waals surface area contributed by atoms with E-state index in [1.165, 1.54) is 24.5 Å². The topological polar surface area (TPSA) is 96.5 Å². The van der Waals surface area contributed by atoms with Gasteiger partial charge in [-0.2, -0.15) is 0 Å². The molecule has 1 aromatic carbocycles. The van der Waals surface area contributed by atoms with Crippen LogP contribution in [-0.4, -0.2) is 52.6 Å². The van der Waals surface area contributed by atoms with E-state index in [1.807, 2.05) is 0 Å². The van der Waals surface area contributed by atoms with E-state index in [4.69, 9.17) is 4.74 Å². The van der Waals surface area contributed by atoms with Gasteiger partial charge in [0.2, 0.25) is 0 Å². The van der Waals surface area contributed by atoms with E-state index in [1.54, 1.807) is 24.0 Å². The Morgan fingerprint density at radius 2 is 2.04 bits per heavy atom. The molecule has 8 nitrogen and oxygen atoms in total. The predicted octanol–water partition coefficient (Wildman–Crippen LogP) is 2.90. The number of nitrogens with one attached hydrogen (secondary N) is 2. The van der Waals surface area contributed by atoms with Crippen LogP contribution in [-0.2, 0) is 4.74 Å². The van der Waals surface area contributed by atoms with Crippen molar-refractivity contribution in [3.63, 3.8) is 0 Å². The molecule has 0 atom stereocenters. The fraction of sp³-hybridized carbons (Fsp3) is 0.368. The van der Waals surface area contributed by atoms with Crippen LogP contribution >= 0.6 is 0 Å². The Morgan fingerprint density at radius 1 is 1.25 bits per heavy atom. The van der Waals surface area contributed by atoms with Crippen LogP contribution in [0, 0.1) is 5.82 Å². The summed E-state index contributed by atoms with van der Waals surface area (Å²) in [5.74, 6) is -0.362. The van der Waals surface area contributed by atoms with Gasteiger partial charge in [-0.3, -0.25) is 4.79 Å². The van der Waals surface area contributed by atoms with Crippen LogP contribution in [0.3, 0.4) is 0 Å². The number of nitrogens with zero attached hydrogens (tertiary/aromatic N) is 3. The summed E-state index contributed by atoms with van der Waals surface area (Å²) >= 11 is 0. The van der Waals surface area contributed by atoms with Gasteiger partial charge in [0.1, 0.15) is 23.7 Å². The smallest absolute Gasteiger partial charge is 0.409 e. The first-order valence-corrected chi connectivity index (χ1v) is 9.12. The maximum atomic E-state index is 13.2. The molecule has 1 aromatic heterocycles. The van der Waals surface area contributed by atoms with E-state index in [2.05, 4.69) is 20.6 Å². The molecular weight excluding hydrogens is 365 g/mol. The summed E-state index contributed by atoms with van der Waals surface area (Å²) in [5.41, 5.74) is 0.523. The molecule has 2 amide bonds. The average molecular weight is 387 g/mol. The molecule has 1 aliphatic rings. The number of piperidine rings is 1. The lowest BCUT2D eigenvalue weighted by molar-refractivity contribution is 0.0980. The number of anilines is 2. The van der Waals surface area contributed by atoms with E-state index in [0.717, 1.165) is 12.8 Å². The minimum atomic E-state index is -0.451. The highest BCUT2D eigenvalue weighted by Gasteiger charge is 2.23. The molecule has 2 heterocycles. The number of rotatable bonds is 5. The number of hydrogen-bond acceptors (Lipinski definition) is 6. The van der Waals surface area contributed by atoms with Gasteiger partial charge in [-0.15, -0.1) is 0 Å². The molecule has 0 saturated carbocycles. The number of benzene rings is 1. The van der Waals surface area contributed by atoms with Crippen molar-refractivity contribution in [2.24, 2.45) is 0 Å². The average Bonchev–Trinajstić information content (AvgIpc) is 2.69. The van der Waals surface area contributed by atoms with Gasteiger partial charge in [0.05, 0.1) is 6.61 Å². The number of carbonyl (C=O) groups excluding carboxylic acids is 2. The maximum absolute atomic E-state index is 13.2. The summed E-state index contributed by atoms with van der Waals surface area (Å²) in [7, 11) is 0. The first-order valence-electron chi connectivity index (χ1n) is 9.12. The molecule has 1 aliphatic heterocycles. The van der Waals surface area contributed by atoms with Crippen LogP contribution in [0.15, 0.2) is 36.7 Å². The third-order valence-electron chi connectivity index (χ3n) is 4.36. The van der Waals surface area contributed by atoms with Crippen LogP contribution < -0.4 is 10.6 Å². The van der Waals surface area contributed by atoms with Crippen molar-refractivity contribution in [1.82, 2.24) is 14.9 Å². The van der Waals surface area contributed by atoms with Crippen LogP contribution in [0.4, 0.5) is 20.7 Å². The molecule has 2 N–H and O–H groups in total. The van der Waals surface area contributed by atoms with Crippen molar-refractivity contribution in [3.8, 4) is 0 Å². The second-order valence-corrected chi connectivity index (χ2v) is 6.36.